The van der Waals surface area contributed by atoms with Crippen LogP contribution in [0.2, 0.25) is 0 Å². The molecule has 0 aromatic heterocycles. The van der Waals surface area contributed by atoms with E-state index in [1.165, 1.54) is 0 Å². The van der Waals surface area contributed by atoms with Crippen LogP contribution >= 0.6 is 12.4 Å². The molecule has 1 atom stereocenters. The Morgan fingerprint density at radius 1 is 1.00 bits per heavy atom. The lowest BCUT2D eigenvalue weighted by Gasteiger charge is -2.16. The standard InChI is InChI=1S/C19H26N2O2.ClH/c1-2-22-19-13-16(17(21)9-6-12-20)10-11-18(19)23-14-15-7-4-3-5-8-15;/h3-5,7-8,10-11,13,17H,2,6,9,12,14,20-21H2,1H3;1H/t17-;/m0./s1. The summed E-state index contributed by atoms with van der Waals surface area (Å²) in [4.78, 5) is 0. The van der Waals surface area contributed by atoms with Crippen molar-refractivity contribution >= 4 is 12.4 Å². The van der Waals surface area contributed by atoms with Gasteiger partial charge in [0.25, 0.3) is 0 Å². The molecule has 4 N–H and O–H groups in total. The quantitative estimate of drug-likeness (QED) is 0.721. The van der Waals surface area contributed by atoms with Crippen LogP contribution < -0.4 is 20.9 Å². The highest BCUT2D eigenvalue weighted by Crippen LogP contribution is 2.31. The summed E-state index contributed by atoms with van der Waals surface area (Å²) >= 11 is 0. The van der Waals surface area contributed by atoms with Gasteiger partial charge in [0.1, 0.15) is 6.61 Å². The maximum atomic E-state index is 6.21. The Balaban J connectivity index is 0.00000288. The van der Waals surface area contributed by atoms with E-state index in [0.717, 1.165) is 35.5 Å². The third kappa shape index (κ3) is 6.04. The zero-order chi connectivity index (χ0) is 16.5. The van der Waals surface area contributed by atoms with Crippen LogP contribution in [-0.4, -0.2) is 13.2 Å². The van der Waals surface area contributed by atoms with Crippen molar-refractivity contribution in [1.29, 1.82) is 0 Å². The molecule has 24 heavy (non-hydrogen) atoms. The summed E-state index contributed by atoms with van der Waals surface area (Å²) in [6.07, 6.45) is 1.78. The molecule has 132 valence electrons. The molecule has 0 aliphatic rings. The van der Waals surface area contributed by atoms with Crippen LogP contribution in [0.3, 0.4) is 0 Å². The van der Waals surface area contributed by atoms with E-state index in [9.17, 15) is 0 Å². The van der Waals surface area contributed by atoms with E-state index in [2.05, 4.69) is 0 Å². The Bertz CT molecular complexity index is 593. The molecule has 0 unspecified atom stereocenters. The fourth-order valence-corrected chi connectivity index (χ4v) is 2.38. The molecule has 0 saturated heterocycles. The second-order valence-electron chi connectivity index (χ2n) is 5.45. The molecule has 5 heteroatoms. The average Bonchev–Trinajstić information content (AvgIpc) is 2.59. The zero-order valence-corrected chi connectivity index (χ0v) is 14.9. The summed E-state index contributed by atoms with van der Waals surface area (Å²) < 4.78 is 11.6. The van der Waals surface area contributed by atoms with Crippen molar-refractivity contribution in [2.24, 2.45) is 11.5 Å². The molecule has 4 nitrogen and oxygen atoms in total. The first-order valence-corrected chi connectivity index (χ1v) is 8.13. The van der Waals surface area contributed by atoms with Gasteiger partial charge in [-0.15, -0.1) is 12.4 Å². The van der Waals surface area contributed by atoms with Crippen LogP contribution in [0.1, 0.15) is 36.9 Å². The number of benzene rings is 2. The highest BCUT2D eigenvalue weighted by molar-refractivity contribution is 5.85. The number of nitrogens with two attached hydrogens (primary N) is 2. The number of ether oxygens (including phenoxy) is 2. The Morgan fingerprint density at radius 3 is 2.42 bits per heavy atom. The number of halogens is 1. The lowest BCUT2D eigenvalue weighted by molar-refractivity contribution is 0.269. The van der Waals surface area contributed by atoms with Crippen LogP contribution in [0.4, 0.5) is 0 Å². The summed E-state index contributed by atoms with van der Waals surface area (Å²) in [5.74, 6) is 1.48. The molecule has 0 aliphatic carbocycles. The van der Waals surface area contributed by atoms with Crippen molar-refractivity contribution in [3.8, 4) is 11.5 Å². The third-order valence-electron chi connectivity index (χ3n) is 3.65. The summed E-state index contributed by atoms with van der Waals surface area (Å²) in [7, 11) is 0. The first-order chi connectivity index (χ1) is 11.2. The zero-order valence-electron chi connectivity index (χ0n) is 14.1. The van der Waals surface area contributed by atoms with Gasteiger partial charge in [-0.3, -0.25) is 0 Å². The van der Waals surface area contributed by atoms with Crippen LogP contribution in [0, 0.1) is 0 Å². The van der Waals surface area contributed by atoms with Gasteiger partial charge in [0, 0.05) is 6.04 Å². The molecule has 0 saturated carbocycles. The highest BCUT2D eigenvalue weighted by Gasteiger charge is 2.11. The van der Waals surface area contributed by atoms with Crippen LogP contribution in [0.15, 0.2) is 48.5 Å². The van der Waals surface area contributed by atoms with Crippen molar-refractivity contribution in [2.75, 3.05) is 13.2 Å². The Labute approximate surface area is 150 Å². The van der Waals surface area contributed by atoms with E-state index in [1.54, 1.807) is 0 Å². The van der Waals surface area contributed by atoms with E-state index in [1.807, 2.05) is 55.5 Å². The van der Waals surface area contributed by atoms with Gasteiger partial charge in [-0.1, -0.05) is 36.4 Å². The van der Waals surface area contributed by atoms with Gasteiger partial charge in [-0.2, -0.15) is 0 Å². The van der Waals surface area contributed by atoms with Gasteiger partial charge in [-0.25, -0.2) is 0 Å². The molecule has 0 aliphatic heterocycles. The van der Waals surface area contributed by atoms with E-state index in [-0.39, 0.29) is 18.4 Å². The maximum Gasteiger partial charge on any atom is 0.161 e. The Morgan fingerprint density at radius 2 is 1.75 bits per heavy atom. The fraction of sp³-hybridized carbons (Fsp3) is 0.368. The predicted molar refractivity (Wildman–Crippen MR) is 101 cm³/mol. The molecule has 2 rings (SSSR count). The highest BCUT2D eigenvalue weighted by atomic mass is 35.5. The molecule has 0 heterocycles. The molecular formula is C19H27ClN2O2. The largest absolute Gasteiger partial charge is 0.490 e. The number of rotatable bonds is 9. The summed E-state index contributed by atoms with van der Waals surface area (Å²) in [5, 5.41) is 0. The average molecular weight is 351 g/mol. The van der Waals surface area contributed by atoms with Gasteiger partial charge in [0.2, 0.25) is 0 Å². The molecule has 0 amide bonds. The monoisotopic (exact) mass is 350 g/mol. The van der Waals surface area contributed by atoms with Gasteiger partial charge >= 0.3 is 0 Å². The molecule has 2 aromatic rings. The minimum atomic E-state index is -0.0269. The topological polar surface area (TPSA) is 70.5 Å². The van der Waals surface area contributed by atoms with Crippen molar-refractivity contribution in [2.45, 2.75) is 32.4 Å². The van der Waals surface area contributed by atoms with Crippen molar-refractivity contribution in [3.05, 3.63) is 59.7 Å². The lowest BCUT2D eigenvalue weighted by Crippen LogP contribution is -2.13. The fourth-order valence-electron chi connectivity index (χ4n) is 2.38. The smallest absolute Gasteiger partial charge is 0.161 e. The van der Waals surface area contributed by atoms with Gasteiger partial charge < -0.3 is 20.9 Å². The first-order valence-electron chi connectivity index (χ1n) is 8.13. The minimum Gasteiger partial charge on any atom is -0.490 e. The number of hydrogen-bond donors (Lipinski definition) is 2. The van der Waals surface area contributed by atoms with Crippen molar-refractivity contribution < 1.29 is 9.47 Å². The predicted octanol–water partition coefficient (Wildman–Crippen LogP) is 3.82. The third-order valence-corrected chi connectivity index (χ3v) is 3.65. The van der Waals surface area contributed by atoms with Crippen molar-refractivity contribution in [1.82, 2.24) is 0 Å². The molecule has 0 radical (unpaired) electrons. The van der Waals surface area contributed by atoms with E-state index < -0.39 is 0 Å². The Hall–Kier alpha value is -1.75. The SMILES string of the molecule is CCOc1cc([C@@H](N)CCCN)ccc1OCc1ccccc1.Cl. The molecule has 0 fully saturated rings. The second kappa shape index (κ2) is 10.9. The van der Waals surface area contributed by atoms with Crippen LogP contribution in [0.5, 0.6) is 11.5 Å². The molecular weight excluding hydrogens is 324 g/mol. The molecule has 0 bridgehead atoms. The van der Waals surface area contributed by atoms with Crippen LogP contribution in [-0.2, 0) is 6.61 Å². The van der Waals surface area contributed by atoms with E-state index >= 15 is 0 Å². The lowest BCUT2D eigenvalue weighted by atomic mass is 10.0. The van der Waals surface area contributed by atoms with Gasteiger partial charge in [0.15, 0.2) is 11.5 Å². The molecule has 2 aromatic carbocycles. The summed E-state index contributed by atoms with van der Waals surface area (Å²) in [6, 6.07) is 16.0. The second-order valence-corrected chi connectivity index (χ2v) is 5.45. The van der Waals surface area contributed by atoms with E-state index in [0.29, 0.717) is 19.8 Å². The summed E-state index contributed by atoms with van der Waals surface area (Å²) in [6.45, 7) is 3.72. The van der Waals surface area contributed by atoms with Crippen molar-refractivity contribution in [3.63, 3.8) is 0 Å². The molecule has 0 spiro atoms. The van der Waals surface area contributed by atoms with Crippen LogP contribution in [0.25, 0.3) is 0 Å². The maximum absolute atomic E-state index is 6.21. The normalized spacial score (nSPS) is 11.5. The number of hydrogen-bond acceptors (Lipinski definition) is 4. The minimum absolute atomic E-state index is 0. The van der Waals surface area contributed by atoms with E-state index in [4.69, 9.17) is 20.9 Å². The van der Waals surface area contributed by atoms with Gasteiger partial charge in [0.05, 0.1) is 6.61 Å². The first kappa shape index (κ1) is 20.3. The summed E-state index contributed by atoms with van der Waals surface area (Å²) in [5.41, 5.74) is 13.9. The van der Waals surface area contributed by atoms with Gasteiger partial charge in [-0.05, 0) is 49.6 Å². The Kier molecular flexibility index (Phi) is 9.23.